The molecule has 7 nitrogen and oxygen atoms in total. The third-order valence-electron chi connectivity index (χ3n) is 8.46. The lowest BCUT2D eigenvalue weighted by Gasteiger charge is -2.36. The minimum atomic E-state index is -1.14. The molecular formula is C39H35NO6. The smallest absolute Gasteiger partial charge is 0.410 e. The van der Waals surface area contributed by atoms with Crippen molar-refractivity contribution in [3.63, 3.8) is 0 Å². The topological polar surface area (TPSA) is 85.3 Å². The summed E-state index contributed by atoms with van der Waals surface area (Å²) in [5.41, 5.74) is 5.98. The summed E-state index contributed by atoms with van der Waals surface area (Å²) in [6.07, 6.45) is -0.706. The van der Waals surface area contributed by atoms with Crippen LogP contribution in [0.5, 0.6) is 5.75 Å². The van der Waals surface area contributed by atoms with E-state index in [9.17, 15) is 14.7 Å². The molecule has 5 aromatic rings. The summed E-state index contributed by atoms with van der Waals surface area (Å²) in [7, 11) is 1.62. The van der Waals surface area contributed by atoms with Gasteiger partial charge in [0.2, 0.25) is 0 Å². The van der Waals surface area contributed by atoms with Crippen molar-refractivity contribution in [1.82, 2.24) is 4.90 Å². The largest absolute Gasteiger partial charge is 0.497 e. The lowest BCUT2D eigenvalue weighted by molar-refractivity contribution is -0.138. The second-order valence-electron chi connectivity index (χ2n) is 11.1. The standard InChI is InChI=1S/C39H35NO6/c1-44-31-22-20-30(21-23-31)39(28-12-4-2-5-13-28,29-14-6-3-7-15-29)46-25-24-40(26-37(41)42)38(43)45-27-36-34-18-10-8-16-32(34)33-17-9-11-19-35(33)36/h2-23,36H,24-27H2,1H3,(H,41,42). The highest BCUT2D eigenvalue weighted by Gasteiger charge is 2.38. The lowest BCUT2D eigenvalue weighted by atomic mass is 9.80. The van der Waals surface area contributed by atoms with Gasteiger partial charge in [0.05, 0.1) is 13.7 Å². The number of methoxy groups -OCH3 is 1. The molecule has 0 unspecified atom stereocenters. The van der Waals surface area contributed by atoms with Gasteiger partial charge in [0.25, 0.3) is 0 Å². The maximum absolute atomic E-state index is 13.5. The van der Waals surface area contributed by atoms with Gasteiger partial charge in [-0.1, -0.05) is 121 Å². The first-order valence-corrected chi connectivity index (χ1v) is 15.2. The molecule has 0 saturated heterocycles. The van der Waals surface area contributed by atoms with Gasteiger partial charge in [0, 0.05) is 12.5 Å². The van der Waals surface area contributed by atoms with E-state index in [2.05, 4.69) is 12.1 Å². The van der Waals surface area contributed by atoms with E-state index >= 15 is 0 Å². The fourth-order valence-electron chi connectivity index (χ4n) is 6.31. The average Bonchev–Trinajstić information content (AvgIpc) is 3.43. The van der Waals surface area contributed by atoms with Crippen molar-refractivity contribution in [2.75, 3.05) is 33.4 Å². The summed E-state index contributed by atoms with van der Waals surface area (Å²) in [5, 5.41) is 9.71. The lowest BCUT2D eigenvalue weighted by Crippen LogP contribution is -2.41. The van der Waals surface area contributed by atoms with Crippen molar-refractivity contribution < 1.29 is 28.9 Å². The number of carbonyl (C=O) groups excluding carboxylic acids is 1. The fourth-order valence-corrected chi connectivity index (χ4v) is 6.31. The zero-order valence-corrected chi connectivity index (χ0v) is 25.5. The Morgan fingerprint density at radius 2 is 1.20 bits per heavy atom. The van der Waals surface area contributed by atoms with Crippen LogP contribution in [-0.4, -0.2) is 55.5 Å². The molecule has 7 heteroatoms. The third-order valence-corrected chi connectivity index (χ3v) is 8.46. The van der Waals surface area contributed by atoms with Gasteiger partial charge in [-0.15, -0.1) is 0 Å². The number of aliphatic carboxylic acids is 1. The fraction of sp³-hybridized carbons (Fsp3) is 0.179. The molecule has 0 saturated carbocycles. The van der Waals surface area contributed by atoms with Crippen molar-refractivity contribution in [1.29, 1.82) is 0 Å². The van der Waals surface area contributed by atoms with Gasteiger partial charge >= 0.3 is 12.1 Å². The van der Waals surface area contributed by atoms with E-state index in [0.29, 0.717) is 5.75 Å². The quantitative estimate of drug-likeness (QED) is 0.148. The van der Waals surface area contributed by atoms with Crippen LogP contribution in [-0.2, 0) is 19.9 Å². The zero-order chi connectivity index (χ0) is 31.9. The minimum absolute atomic E-state index is 0.000541. The SMILES string of the molecule is COc1ccc(C(OCCN(CC(=O)O)C(=O)OCC2c3ccccc3-c3ccccc32)(c2ccccc2)c2ccccc2)cc1. The minimum Gasteiger partial charge on any atom is -0.497 e. The Hall–Kier alpha value is -5.40. The number of ether oxygens (including phenoxy) is 3. The number of fused-ring (bicyclic) bond motifs is 3. The van der Waals surface area contributed by atoms with Crippen molar-refractivity contribution >= 4 is 12.1 Å². The number of benzene rings is 5. The van der Waals surface area contributed by atoms with Crippen LogP contribution in [0.25, 0.3) is 11.1 Å². The van der Waals surface area contributed by atoms with Gasteiger partial charge in [0.1, 0.15) is 24.5 Å². The van der Waals surface area contributed by atoms with E-state index in [1.807, 2.05) is 121 Å². The number of rotatable bonds is 12. The van der Waals surface area contributed by atoms with Gasteiger partial charge in [-0.2, -0.15) is 0 Å². The summed E-state index contributed by atoms with van der Waals surface area (Å²) >= 11 is 0. The van der Waals surface area contributed by atoms with Crippen molar-refractivity contribution in [3.05, 3.63) is 161 Å². The number of amides is 1. The molecule has 46 heavy (non-hydrogen) atoms. The molecule has 1 aliphatic carbocycles. The Labute approximate surface area is 268 Å². The molecule has 0 bridgehead atoms. The van der Waals surface area contributed by atoms with Crippen molar-refractivity contribution in [2.24, 2.45) is 0 Å². The van der Waals surface area contributed by atoms with E-state index in [4.69, 9.17) is 14.2 Å². The number of carboxylic acids is 1. The molecule has 1 aliphatic rings. The molecule has 5 aromatic carbocycles. The van der Waals surface area contributed by atoms with E-state index in [1.54, 1.807) is 7.11 Å². The van der Waals surface area contributed by atoms with Gasteiger partial charge < -0.3 is 19.3 Å². The molecular weight excluding hydrogens is 578 g/mol. The molecule has 0 aromatic heterocycles. The Kier molecular flexibility index (Phi) is 9.13. The first-order chi connectivity index (χ1) is 22.5. The molecule has 232 valence electrons. The van der Waals surface area contributed by atoms with Crippen LogP contribution in [0.3, 0.4) is 0 Å². The maximum atomic E-state index is 13.5. The van der Waals surface area contributed by atoms with Crippen LogP contribution in [0.4, 0.5) is 4.79 Å². The van der Waals surface area contributed by atoms with E-state index in [0.717, 1.165) is 38.9 Å². The highest BCUT2D eigenvalue weighted by molar-refractivity contribution is 5.79. The van der Waals surface area contributed by atoms with E-state index in [-0.39, 0.29) is 25.7 Å². The summed E-state index contributed by atoms with van der Waals surface area (Å²) in [5.74, 6) is -0.569. The van der Waals surface area contributed by atoms with Crippen LogP contribution < -0.4 is 4.74 Å². The Bertz CT molecular complexity index is 1700. The number of hydrogen-bond donors (Lipinski definition) is 1. The normalized spacial score (nSPS) is 12.2. The number of carbonyl (C=O) groups is 2. The van der Waals surface area contributed by atoms with E-state index < -0.39 is 24.2 Å². The van der Waals surface area contributed by atoms with Gasteiger partial charge in [-0.3, -0.25) is 9.69 Å². The predicted octanol–water partition coefficient (Wildman–Crippen LogP) is 7.34. The average molecular weight is 614 g/mol. The molecule has 0 spiro atoms. The third kappa shape index (κ3) is 6.10. The Balaban J connectivity index is 1.25. The van der Waals surface area contributed by atoms with Crippen molar-refractivity contribution in [2.45, 2.75) is 11.5 Å². The second-order valence-corrected chi connectivity index (χ2v) is 11.1. The number of hydrogen-bond acceptors (Lipinski definition) is 5. The number of nitrogens with zero attached hydrogens (tertiary/aromatic N) is 1. The summed E-state index contributed by atoms with van der Waals surface area (Å²) in [6.45, 7) is -0.395. The molecule has 1 N–H and O–H groups in total. The number of carboxylic acid groups (broad SMARTS) is 1. The summed E-state index contributed by atoms with van der Waals surface area (Å²) in [4.78, 5) is 26.5. The molecule has 0 fully saturated rings. The monoisotopic (exact) mass is 613 g/mol. The molecule has 1 amide bonds. The second kappa shape index (κ2) is 13.7. The summed E-state index contributed by atoms with van der Waals surface area (Å²) in [6, 6.07) is 43.5. The van der Waals surface area contributed by atoms with Gasteiger partial charge in [-0.25, -0.2) is 4.79 Å². The molecule has 0 heterocycles. The predicted molar refractivity (Wildman–Crippen MR) is 176 cm³/mol. The van der Waals surface area contributed by atoms with Crippen molar-refractivity contribution in [3.8, 4) is 16.9 Å². The van der Waals surface area contributed by atoms with Gasteiger partial charge in [-0.05, 0) is 51.1 Å². The van der Waals surface area contributed by atoms with Crippen LogP contribution in [0.2, 0.25) is 0 Å². The van der Waals surface area contributed by atoms with Gasteiger partial charge in [0.15, 0.2) is 0 Å². The molecule has 0 aliphatic heterocycles. The Morgan fingerprint density at radius 3 is 1.72 bits per heavy atom. The Morgan fingerprint density at radius 1 is 0.696 bits per heavy atom. The van der Waals surface area contributed by atoms with Crippen LogP contribution in [0.1, 0.15) is 33.7 Å². The zero-order valence-electron chi connectivity index (χ0n) is 25.5. The highest BCUT2D eigenvalue weighted by Crippen LogP contribution is 2.45. The van der Waals surface area contributed by atoms with Crippen LogP contribution >= 0.6 is 0 Å². The maximum Gasteiger partial charge on any atom is 0.410 e. The van der Waals surface area contributed by atoms with Crippen LogP contribution in [0.15, 0.2) is 133 Å². The molecule has 6 rings (SSSR count). The molecule has 0 radical (unpaired) electrons. The summed E-state index contributed by atoms with van der Waals surface area (Å²) < 4.78 is 18.0. The van der Waals surface area contributed by atoms with E-state index in [1.165, 1.54) is 4.90 Å². The molecule has 0 atom stereocenters. The first-order valence-electron chi connectivity index (χ1n) is 15.2. The van der Waals surface area contributed by atoms with Crippen LogP contribution in [0, 0.1) is 0 Å². The highest BCUT2D eigenvalue weighted by atomic mass is 16.6. The first kappa shape index (κ1) is 30.6.